The van der Waals surface area contributed by atoms with Crippen LogP contribution in [0.15, 0.2) is 22.7 Å². The highest BCUT2D eigenvalue weighted by Crippen LogP contribution is 2.26. The van der Waals surface area contributed by atoms with E-state index in [1.54, 1.807) is 13.1 Å². The second-order valence-corrected chi connectivity index (χ2v) is 4.82. The number of ether oxygens (including phenoxy) is 1. The standard InChI is InChI=1S/C13H13BrN2O4/c1-16(6-2-5-15)12(17)8-20-11-7-9(13(18)19)3-4-10(11)14/h3-4,7H,2,6,8H2,1H3,(H,18,19). The van der Waals surface area contributed by atoms with Gasteiger partial charge in [-0.2, -0.15) is 5.26 Å². The van der Waals surface area contributed by atoms with E-state index < -0.39 is 5.97 Å². The van der Waals surface area contributed by atoms with Crippen LogP contribution < -0.4 is 4.74 Å². The van der Waals surface area contributed by atoms with Gasteiger partial charge in [0.05, 0.1) is 22.5 Å². The van der Waals surface area contributed by atoms with Gasteiger partial charge in [0, 0.05) is 13.6 Å². The third kappa shape index (κ3) is 4.55. The molecule has 1 aromatic carbocycles. The molecule has 0 aromatic heterocycles. The van der Waals surface area contributed by atoms with Gasteiger partial charge in [0.15, 0.2) is 6.61 Å². The maximum Gasteiger partial charge on any atom is 0.335 e. The molecule has 6 nitrogen and oxygen atoms in total. The van der Waals surface area contributed by atoms with Crippen molar-refractivity contribution < 1.29 is 19.4 Å². The fourth-order valence-corrected chi connectivity index (χ4v) is 1.70. The Morgan fingerprint density at radius 2 is 2.20 bits per heavy atom. The van der Waals surface area contributed by atoms with Gasteiger partial charge >= 0.3 is 5.97 Å². The van der Waals surface area contributed by atoms with E-state index in [2.05, 4.69) is 15.9 Å². The number of carboxylic acid groups (broad SMARTS) is 1. The van der Waals surface area contributed by atoms with Crippen molar-refractivity contribution in [2.45, 2.75) is 6.42 Å². The van der Waals surface area contributed by atoms with Crippen LogP contribution in [0.25, 0.3) is 0 Å². The maximum absolute atomic E-state index is 11.7. The summed E-state index contributed by atoms with van der Waals surface area (Å²) in [6.07, 6.45) is 0.250. The second kappa shape index (κ2) is 7.50. The quantitative estimate of drug-likeness (QED) is 0.853. The monoisotopic (exact) mass is 340 g/mol. The average molecular weight is 341 g/mol. The molecule has 0 fully saturated rings. The topological polar surface area (TPSA) is 90.6 Å². The van der Waals surface area contributed by atoms with Crippen molar-refractivity contribution in [2.24, 2.45) is 0 Å². The van der Waals surface area contributed by atoms with Crippen LogP contribution in [-0.2, 0) is 4.79 Å². The predicted molar refractivity (Wildman–Crippen MR) is 74.5 cm³/mol. The number of nitriles is 1. The van der Waals surface area contributed by atoms with Gasteiger partial charge in [-0.1, -0.05) is 0 Å². The van der Waals surface area contributed by atoms with Crippen molar-refractivity contribution in [3.63, 3.8) is 0 Å². The van der Waals surface area contributed by atoms with Crippen molar-refractivity contribution in [1.82, 2.24) is 4.90 Å². The van der Waals surface area contributed by atoms with E-state index in [9.17, 15) is 9.59 Å². The minimum atomic E-state index is -1.07. The third-order valence-corrected chi connectivity index (χ3v) is 3.17. The normalized spacial score (nSPS) is 9.65. The van der Waals surface area contributed by atoms with Crippen LogP contribution in [0.4, 0.5) is 0 Å². The first-order valence-corrected chi connectivity index (χ1v) is 6.51. The average Bonchev–Trinajstić information content (AvgIpc) is 2.43. The molecule has 0 radical (unpaired) electrons. The summed E-state index contributed by atoms with van der Waals surface area (Å²) < 4.78 is 5.87. The number of benzene rings is 1. The van der Waals surface area contributed by atoms with Gasteiger partial charge in [-0.3, -0.25) is 4.79 Å². The summed E-state index contributed by atoms with van der Waals surface area (Å²) in [4.78, 5) is 24.0. The molecule has 0 saturated heterocycles. The third-order valence-electron chi connectivity index (χ3n) is 2.51. The van der Waals surface area contributed by atoms with Crippen molar-refractivity contribution in [2.75, 3.05) is 20.2 Å². The Morgan fingerprint density at radius 1 is 1.50 bits per heavy atom. The maximum atomic E-state index is 11.7. The highest BCUT2D eigenvalue weighted by atomic mass is 79.9. The first-order valence-electron chi connectivity index (χ1n) is 5.72. The Bertz CT molecular complexity index is 554. The molecule has 0 saturated carbocycles. The molecule has 1 rings (SSSR count). The number of carbonyl (C=O) groups excluding carboxylic acids is 1. The fourth-order valence-electron chi connectivity index (χ4n) is 1.34. The molecule has 0 heterocycles. The van der Waals surface area contributed by atoms with Gasteiger partial charge in [0.1, 0.15) is 5.75 Å². The first-order chi connectivity index (χ1) is 9.45. The first kappa shape index (κ1) is 16.0. The van der Waals surface area contributed by atoms with Crippen LogP contribution in [0.5, 0.6) is 5.75 Å². The van der Waals surface area contributed by atoms with E-state index in [1.165, 1.54) is 17.0 Å². The smallest absolute Gasteiger partial charge is 0.335 e. The number of aromatic carboxylic acids is 1. The Balaban J connectivity index is 2.65. The summed E-state index contributed by atoms with van der Waals surface area (Å²) in [6.45, 7) is 0.110. The van der Waals surface area contributed by atoms with Gasteiger partial charge in [-0.05, 0) is 34.1 Å². The molecular formula is C13H13BrN2O4. The molecule has 0 spiro atoms. The zero-order chi connectivity index (χ0) is 15.1. The molecule has 1 aromatic rings. The number of hydrogen-bond donors (Lipinski definition) is 1. The molecule has 0 bridgehead atoms. The Hall–Kier alpha value is -2.07. The summed E-state index contributed by atoms with van der Waals surface area (Å²) in [5.74, 6) is -1.07. The molecular weight excluding hydrogens is 328 g/mol. The zero-order valence-corrected chi connectivity index (χ0v) is 12.4. The summed E-state index contributed by atoms with van der Waals surface area (Å²) in [6, 6.07) is 6.27. The lowest BCUT2D eigenvalue weighted by Gasteiger charge is -2.16. The second-order valence-electron chi connectivity index (χ2n) is 3.96. The largest absolute Gasteiger partial charge is 0.483 e. The van der Waals surface area contributed by atoms with Crippen LogP contribution in [0.2, 0.25) is 0 Å². The minimum absolute atomic E-state index is 0.0773. The van der Waals surface area contributed by atoms with Crippen molar-refractivity contribution in [1.29, 1.82) is 5.26 Å². The van der Waals surface area contributed by atoms with Gasteiger partial charge in [-0.15, -0.1) is 0 Å². The van der Waals surface area contributed by atoms with E-state index in [0.717, 1.165) is 0 Å². The summed E-state index contributed by atoms with van der Waals surface area (Å²) in [5, 5.41) is 17.3. The van der Waals surface area contributed by atoms with Gasteiger partial charge < -0.3 is 14.7 Å². The Kier molecular flexibility index (Phi) is 6.00. The number of halogens is 1. The summed E-state index contributed by atoms with van der Waals surface area (Å²) in [5.41, 5.74) is 0.0773. The van der Waals surface area contributed by atoms with Crippen LogP contribution in [0.3, 0.4) is 0 Å². The zero-order valence-electron chi connectivity index (χ0n) is 10.8. The molecule has 1 amide bonds. The van der Waals surface area contributed by atoms with E-state index in [0.29, 0.717) is 11.0 Å². The Morgan fingerprint density at radius 3 is 2.80 bits per heavy atom. The van der Waals surface area contributed by atoms with Crippen LogP contribution in [0, 0.1) is 11.3 Å². The lowest BCUT2D eigenvalue weighted by Crippen LogP contribution is -2.32. The molecule has 0 aliphatic rings. The number of hydrogen-bond acceptors (Lipinski definition) is 4. The van der Waals surface area contributed by atoms with Crippen LogP contribution in [-0.4, -0.2) is 42.1 Å². The van der Waals surface area contributed by atoms with Gasteiger partial charge in [-0.25, -0.2) is 4.79 Å². The molecule has 0 aliphatic heterocycles. The van der Waals surface area contributed by atoms with E-state index >= 15 is 0 Å². The van der Waals surface area contributed by atoms with Crippen LogP contribution >= 0.6 is 15.9 Å². The van der Waals surface area contributed by atoms with Gasteiger partial charge in [0.2, 0.25) is 0 Å². The highest BCUT2D eigenvalue weighted by molar-refractivity contribution is 9.10. The molecule has 106 valence electrons. The van der Waals surface area contributed by atoms with Crippen molar-refractivity contribution in [3.05, 3.63) is 28.2 Å². The van der Waals surface area contributed by atoms with Crippen molar-refractivity contribution >= 4 is 27.8 Å². The highest BCUT2D eigenvalue weighted by Gasteiger charge is 2.12. The van der Waals surface area contributed by atoms with Crippen molar-refractivity contribution in [3.8, 4) is 11.8 Å². The number of rotatable bonds is 6. The summed E-state index contributed by atoms with van der Waals surface area (Å²) in [7, 11) is 1.58. The molecule has 0 unspecified atom stereocenters. The van der Waals surface area contributed by atoms with E-state index in [-0.39, 0.29) is 30.2 Å². The number of likely N-dealkylation sites (N-methyl/N-ethyl adjacent to an activating group) is 1. The van der Waals surface area contributed by atoms with E-state index in [1.807, 2.05) is 6.07 Å². The summed E-state index contributed by atoms with van der Waals surface area (Å²) >= 11 is 3.22. The lowest BCUT2D eigenvalue weighted by molar-refractivity contribution is -0.132. The number of carbonyl (C=O) groups is 2. The van der Waals surface area contributed by atoms with Gasteiger partial charge in [0.25, 0.3) is 5.91 Å². The lowest BCUT2D eigenvalue weighted by atomic mass is 10.2. The molecule has 20 heavy (non-hydrogen) atoms. The number of nitrogens with zero attached hydrogens (tertiary/aromatic N) is 2. The Labute approximate surface area is 124 Å². The number of carboxylic acids is 1. The molecule has 0 atom stereocenters. The van der Waals surface area contributed by atoms with Crippen LogP contribution in [0.1, 0.15) is 16.8 Å². The fraction of sp³-hybridized carbons (Fsp3) is 0.308. The molecule has 0 aliphatic carbocycles. The molecule has 1 N–H and O–H groups in total. The minimum Gasteiger partial charge on any atom is -0.483 e. The van der Waals surface area contributed by atoms with E-state index in [4.69, 9.17) is 15.1 Å². The number of amides is 1. The predicted octanol–water partition coefficient (Wildman–Crippen LogP) is 1.90. The molecule has 7 heteroatoms. The SMILES string of the molecule is CN(CCC#N)C(=O)COc1cc(C(=O)O)ccc1Br.